The smallest absolute Gasteiger partial charge is 0.249 e. The van der Waals surface area contributed by atoms with E-state index >= 15 is 0 Å². The Balaban J connectivity index is 0.00000243. The fraction of sp³-hybridized carbons (Fsp3) is 0.278. The summed E-state index contributed by atoms with van der Waals surface area (Å²) in [6.45, 7) is 2.27. The minimum atomic E-state index is -3.74. The predicted octanol–water partition coefficient (Wildman–Crippen LogP) is 1.63. The van der Waals surface area contributed by atoms with E-state index in [1.807, 2.05) is 30.3 Å². The highest BCUT2D eigenvalue weighted by atomic mass is 35.5. The molecule has 3 rings (SSSR count). The van der Waals surface area contributed by atoms with Crippen LogP contribution < -0.4 is 11.5 Å². The monoisotopic (exact) mass is 395 g/mol. The van der Waals surface area contributed by atoms with E-state index in [9.17, 15) is 13.2 Å². The zero-order chi connectivity index (χ0) is 18.2. The van der Waals surface area contributed by atoms with Crippen LogP contribution in [0.15, 0.2) is 53.4 Å². The zero-order valence-corrected chi connectivity index (χ0v) is 16.0. The number of nitrogens with two attached hydrogens (primary N) is 2. The standard InChI is InChI=1S/C18H21N3O3S.ClH/c1-12-7-8-14(9-15(12)18(20)22)25(23,24)21-10-16(17(19)11-21)13-5-3-2-4-6-13;/h2-9,16-17H,10-11,19H2,1H3,(H2,20,22);1H/t16-,17+;/m0./s1. The molecule has 0 bridgehead atoms. The van der Waals surface area contributed by atoms with Gasteiger partial charge in [0.25, 0.3) is 0 Å². The number of hydrogen-bond donors (Lipinski definition) is 2. The predicted molar refractivity (Wildman–Crippen MR) is 103 cm³/mol. The number of hydrogen-bond acceptors (Lipinski definition) is 4. The van der Waals surface area contributed by atoms with E-state index in [0.717, 1.165) is 5.56 Å². The van der Waals surface area contributed by atoms with Crippen molar-refractivity contribution in [1.29, 1.82) is 0 Å². The van der Waals surface area contributed by atoms with Gasteiger partial charge in [0.2, 0.25) is 15.9 Å². The number of primary amides is 1. The molecule has 2 aromatic rings. The van der Waals surface area contributed by atoms with Crippen LogP contribution in [0, 0.1) is 6.92 Å². The second-order valence-corrected chi connectivity index (χ2v) is 8.28. The average molecular weight is 396 g/mol. The summed E-state index contributed by atoms with van der Waals surface area (Å²) in [5.41, 5.74) is 13.4. The van der Waals surface area contributed by atoms with Crippen LogP contribution >= 0.6 is 12.4 Å². The molecule has 1 saturated heterocycles. The van der Waals surface area contributed by atoms with Crippen molar-refractivity contribution in [2.45, 2.75) is 23.8 Å². The van der Waals surface area contributed by atoms with Crippen molar-refractivity contribution >= 4 is 28.3 Å². The lowest BCUT2D eigenvalue weighted by atomic mass is 9.95. The van der Waals surface area contributed by atoms with Gasteiger partial charge in [0.15, 0.2) is 0 Å². The number of sulfonamides is 1. The van der Waals surface area contributed by atoms with E-state index in [1.165, 1.54) is 16.4 Å². The van der Waals surface area contributed by atoms with Gasteiger partial charge < -0.3 is 11.5 Å². The van der Waals surface area contributed by atoms with Gasteiger partial charge in [-0.15, -0.1) is 12.4 Å². The molecule has 0 aromatic heterocycles. The van der Waals surface area contributed by atoms with Crippen molar-refractivity contribution in [3.8, 4) is 0 Å². The molecule has 8 heteroatoms. The van der Waals surface area contributed by atoms with Gasteiger partial charge >= 0.3 is 0 Å². The fourth-order valence-electron chi connectivity index (χ4n) is 3.22. The van der Waals surface area contributed by atoms with Gasteiger partial charge in [-0.3, -0.25) is 4.79 Å². The Morgan fingerprint density at radius 3 is 2.38 bits per heavy atom. The number of carbonyl (C=O) groups is 1. The zero-order valence-electron chi connectivity index (χ0n) is 14.3. The van der Waals surface area contributed by atoms with Crippen molar-refractivity contribution in [3.63, 3.8) is 0 Å². The molecule has 26 heavy (non-hydrogen) atoms. The van der Waals surface area contributed by atoms with Gasteiger partial charge in [0.1, 0.15) is 0 Å². The van der Waals surface area contributed by atoms with Crippen molar-refractivity contribution in [1.82, 2.24) is 4.31 Å². The summed E-state index contributed by atoms with van der Waals surface area (Å²) >= 11 is 0. The Bertz CT molecular complexity index is 903. The summed E-state index contributed by atoms with van der Waals surface area (Å²) in [4.78, 5) is 11.6. The van der Waals surface area contributed by atoms with Gasteiger partial charge in [-0.05, 0) is 30.2 Å². The van der Waals surface area contributed by atoms with Crippen LogP contribution in [0.25, 0.3) is 0 Å². The van der Waals surface area contributed by atoms with Crippen LogP contribution in [0.5, 0.6) is 0 Å². The lowest BCUT2D eigenvalue weighted by Crippen LogP contribution is -2.32. The Hall–Kier alpha value is -1.93. The second kappa shape index (κ2) is 7.75. The normalized spacial score (nSPS) is 20.5. The van der Waals surface area contributed by atoms with E-state index in [-0.39, 0.29) is 41.4 Å². The number of carbonyl (C=O) groups excluding carboxylic acids is 1. The van der Waals surface area contributed by atoms with Crippen LogP contribution in [0.2, 0.25) is 0 Å². The van der Waals surface area contributed by atoms with Crippen LogP contribution in [0.1, 0.15) is 27.4 Å². The molecular formula is C18H22ClN3O3S. The van der Waals surface area contributed by atoms with Crippen molar-refractivity contribution < 1.29 is 13.2 Å². The van der Waals surface area contributed by atoms with Crippen molar-refractivity contribution in [2.24, 2.45) is 11.5 Å². The molecule has 6 nitrogen and oxygen atoms in total. The van der Waals surface area contributed by atoms with Gasteiger partial charge in [-0.1, -0.05) is 36.4 Å². The molecule has 2 aromatic carbocycles. The third kappa shape index (κ3) is 3.76. The molecule has 1 amide bonds. The molecule has 0 radical (unpaired) electrons. The molecule has 0 aliphatic carbocycles. The first kappa shape index (κ1) is 20.4. The lowest BCUT2D eigenvalue weighted by molar-refractivity contribution is 0.0999. The van der Waals surface area contributed by atoms with E-state index in [1.54, 1.807) is 13.0 Å². The molecule has 2 atom stereocenters. The highest BCUT2D eigenvalue weighted by Gasteiger charge is 2.38. The SMILES string of the molecule is Cc1ccc(S(=O)(=O)N2C[C@@H](N)[C@H](c3ccccc3)C2)cc1C(N)=O.Cl. The summed E-state index contributed by atoms with van der Waals surface area (Å²) in [6, 6.07) is 13.8. The minimum absolute atomic E-state index is 0. The lowest BCUT2D eigenvalue weighted by Gasteiger charge is -2.17. The summed E-state index contributed by atoms with van der Waals surface area (Å²) < 4.78 is 27.3. The molecule has 1 aliphatic rings. The van der Waals surface area contributed by atoms with E-state index in [0.29, 0.717) is 12.1 Å². The number of nitrogens with zero attached hydrogens (tertiary/aromatic N) is 1. The summed E-state index contributed by atoms with van der Waals surface area (Å²) in [5, 5.41) is 0. The number of amides is 1. The average Bonchev–Trinajstić information content (AvgIpc) is 2.98. The van der Waals surface area contributed by atoms with Crippen LogP contribution in [0.4, 0.5) is 0 Å². The largest absolute Gasteiger partial charge is 0.366 e. The molecule has 0 spiro atoms. The second-order valence-electron chi connectivity index (χ2n) is 6.34. The maximum Gasteiger partial charge on any atom is 0.249 e. The number of halogens is 1. The van der Waals surface area contributed by atoms with E-state index in [4.69, 9.17) is 11.5 Å². The van der Waals surface area contributed by atoms with Crippen LogP contribution in [-0.4, -0.2) is 37.8 Å². The quantitative estimate of drug-likeness (QED) is 0.820. The maximum absolute atomic E-state index is 13.0. The Morgan fingerprint density at radius 2 is 1.77 bits per heavy atom. The summed E-state index contributed by atoms with van der Waals surface area (Å²) in [7, 11) is -3.74. The number of rotatable bonds is 4. The molecule has 0 saturated carbocycles. The Kier molecular flexibility index (Phi) is 6.08. The first-order valence-corrected chi connectivity index (χ1v) is 9.46. The molecule has 1 fully saturated rings. The molecule has 0 unspecified atom stereocenters. The van der Waals surface area contributed by atoms with Crippen LogP contribution in [-0.2, 0) is 10.0 Å². The van der Waals surface area contributed by atoms with Crippen LogP contribution in [0.3, 0.4) is 0 Å². The highest BCUT2D eigenvalue weighted by molar-refractivity contribution is 7.89. The molecular weight excluding hydrogens is 374 g/mol. The van der Waals surface area contributed by atoms with Gasteiger partial charge in [0, 0.05) is 30.6 Å². The van der Waals surface area contributed by atoms with Crippen molar-refractivity contribution in [2.75, 3.05) is 13.1 Å². The first-order valence-electron chi connectivity index (χ1n) is 8.02. The molecule has 1 aliphatic heterocycles. The first-order chi connectivity index (χ1) is 11.8. The fourth-order valence-corrected chi connectivity index (χ4v) is 4.75. The minimum Gasteiger partial charge on any atom is -0.366 e. The Morgan fingerprint density at radius 1 is 1.12 bits per heavy atom. The molecule has 140 valence electrons. The topological polar surface area (TPSA) is 106 Å². The van der Waals surface area contributed by atoms with Gasteiger partial charge in [-0.25, -0.2) is 8.42 Å². The van der Waals surface area contributed by atoms with Gasteiger partial charge in [-0.2, -0.15) is 4.31 Å². The summed E-state index contributed by atoms with van der Waals surface area (Å²) in [5.74, 6) is -0.702. The number of aryl methyl sites for hydroxylation is 1. The van der Waals surface area contributed by atoms with E-state index < -0.39 is 15.9 Å². The van der Waals surface area contributed by atoms with Crippen molar-refractivity contribution in [3.05, 3.63) is 65.2 Å². The molecule has 4 N–H and O–H groups in total. The highest BCUT2D eigenvalue weighted by Crippen LogP contribution is 2.31. The molecule has 1 heterocycles. The van der Waals surface area contributed by atoms with E-state index in [2.05, 4.69) is 0 Å². The Labute approximate surface area is 159 Å². The summed E-state index contributed by atoms with van der Waals surface area (Å²) in [6.07, 6.45) is 0. The van der Waals surface area contributed by atoms with Gasteiger partial charge in [0.05, 0.1) is 4.90 Å². The third-order valence-corrected chi connectivity index (χ3v) is 6.50. The third-order valence-electron chi connectivity index (χ3n) is 4.67. The maximum atomic E-state index is 13.0. The number of benzene rings is 2.